The van der Waals surface area contributed by atoms with Gasteiger partial charge in [0.25, 0.3) is 5.91 Å². The maximum atomic E-state index is 12.0. The Balaban J connectivity index is 1.78. The maximum absolute atomic E-state index is 12.0. The second-order valence-corrected chi connectivity index (χ2v) is 5.40. The monoisotopic (exact) mass is 326 g/mol. The summed E-state index contributed by atoms with van der Waals surface area (Å²) in [6, 6.07) is 14.9. The highest BCUT2D eigenvalue weighted by Gasteiger charge is 2.07. The van der Waals surface area contributed by atoms with Crippen LogP contribution < -0.4 is 15.6 Å². The number of amides is 2. The van der Waals surface area contributed by atoms with E-state index < -0.39 is 0 Å². The molecular formula is C19H22N2O3. The first kappa shape index (κ1) is 17.5. The minimum Gasteiger partial charge on any atom is -0.497 e. The van der Waals surface area contributed by atoms with Crippen LogP contribution >= 0.6 is 0 Å². The summed E-state index contributed by atoms with van der Waals surface area (Å²) in [6.07, 6.45) is 1.77. The number of benzene rings is 2. The first-order valence-electron chi connectivity index (χ1n) is 7.93. The Kier molecular flexibility index (Phi) is 6.37. The van der Waals surface area contributed by atoms with Gasteiger partial charge in [0, 0.05) is 12.0 Å². The molecule has 0 bridgehead atoms. The minimum atomic E-state index is -0.326. The Hall–Kier alpha value is -2.82. The van der Waals surface area contributed by atoms with Crippen LogP contribution in [0.1, 0.15) is 34.8 Å². The predicted octanol–water partition coefficient (Wildman–Crippen LogP) is 2.65. The van der Waals surface area contributed by atoms with Crippen molar-refractivity contribution in [1.82, 2.24) is 10.9 Å². The van der Waals surface area contributed by atoms with Crippen molar-refractivity contribution in [2.24, 2.45) is 0 Å². The second kappa shape index (κ2) is 8.72. The van der Waals surface area contributed by atoms with Crippen LogP contribution in [0.5, 0.6) is 5.75 Å². The van der Waals surface area contributed by atoms with E-state index in [1.54, 1.807) is 19.2 Å². The molecule has 0 saturated carbocycles. The summed E-state index contributed by atoms with van der Waals surface area (Å²) in [4.78, 5) is 23.8. The Morgan fingerprint density at radius 2 is 1.75 bits per heavy atom. The Labute approximate surface area is 142 Å². The third-order valence-electron chi connectivity index (χ3n) is 3.71. The molecule has 0 heterocycles. The number of hydrogen-bond acceptors (Lipinski definition) is 3. The number of carbonyl (C=O) groups is 2. The van der Waals surface area contributed by atoms with Gasteiger partial charge >= 0.3 is 0 Å². The fourth-order valence-electron chi connectivity index (χ4n) is 2.24. The van der Waals surface area contributed by atoms with E-state index in [-0.39, 0.29) is 18.2 Å². The van der Waals surface area contributed by atoms with Gasteiger partial charge in [-0.25, -0.2) is 0 Å². The van der Waals surface area contributed by atoms with E-state index >= 15 is 0 Å². The molecule has 0 fully saturated rings. The van der Waals surface area contributed by atoms with Crippen LogP contribution in [0.3, 0.4) is 0 Å². The molecule has 2 aromatic carbocycles. The Morgan fingerprint density at radius 3 is 2.42 bits per heavy atom. The normalized spacial score (nSPS) is 10.1. The molecule has 0 radical (unpaired) electrons. The highest BCUT2D eigenvalue weighted by atomic mass is 16.5. The molecular weight excluding hydrogens is 304 g/mol. The number of ether oxygens (including phenoxy) is 1. The zero-order valence-corrected chi connectivity index (χ0v) is 14.0. The lowest BCUT2D eigenvalue weighted by Crippen LogP contribution is -2.41. The topological polar surface area (TPSA) is 67.4 Å². The summed E-state index contributed by atoms with van der Waals surface area (Å²) >= 11 is 0. The van der Waals surface area contributed by atoms with Gasteiger partial charge in [0.2, 0.25) is 5.91 Å². The number of hydrazine groups is 1. The van der Waals surface area contributed by atoms with Crippen molar-refractivity contribution in [3.8, 4) is 5.75 Å². The van der Waals surface area contributed by atoms with Crippen LogP contribution in [-0.2, 0) is 17.6 Å². The molecule has 0 spiro atoms. The van der Waals surface area contributed by atoms with Crippen LogP contribution in [0.4, 0.5) is 0 Å². The highest BCUT2D eigenvalue weighted by Crippen LogP contribution is 2.13. The molecule has 0 aliphatic carbocycles. The molecule has 24 heavy (non-hydrogen) atoms. The molecule has 2 rings (SSSR count). The van der Waals surface area contributed by atoms with E-state index in [0.29, 0.717) is 12.0 Å². The maximum Gasteiger partial charge on any atom is 0.269 e. The molecule has 0 saturated heterocycles. The van der Waals surface area contributed by atoms with E-state index in [2.05, 4.69) is 17.8 Å². The van der Waals surface area contributed by atoms with Crippen LogP contribution in [0.2, 0.25) is 0 Å². The van der Waals surface area contributed by atoms with E-state index in [1.807, 2.05) is 36.4 Å². The molecule has 0 aromatic heterocycles. The number of hydrogen-bond donors (Lipinski definition) is 2. The summed E-state index contributed by atoms with van der Waals surface area (Å²) in [7, 11) is 1.61. The molecule has 2 N–H and O–H groups in total. The predicted molar refractivity (Wildman–Crippen MR) is 92.7 cm³/mol. The van der Waals surface area contributed by atoms with Gasteiger partial charge < -0.3 is 4.74 Å². The lowest BCUT2D eigenvalue weighted by molar-refractivity contribution is -0.121. The average molecular weight is 326 g/mol. The van der Waals surface area contributed by atoms with Crippen LogP contribution in [-0.4, -0.2) is 18.9 Å². The molecule has 2 aromatic rings. The average Bonchev–Trinajstić information content (AvgIpc) is 2.64. The molecule has 0 aliphatic rings. The van der Waals surface area contributed by atoms with Gasteiger partial charge in [-0.3, -0.25) is 20.4 Å². The Morgan fingerprint density at radius 1 is 1.00 bits per heavy atom. The fraction of sp³-hybridized carbons (Fsp3) is 0.263. The van der Waals surface area contributed by atoms with Gasteiger partial charge in [0.1, 0.15) is 5.75 Å². The smallest absolute Gasteiger partial charge is 0.269 e. The van der Waals surface area contributed by atoms with Gasteiger partial charge in [-0.05, 0) is 48.2 Å². The van der Waals surface area contributed by atoms with Gasteiger partial charge in [0.05, 0.1) is 7.11 Å². The molecule has 126 valence electrons. The van der Waals surface area contributed by atoms with E-state index in [1.165, 1.54) is 0 Å². The molecule has 0 aliphatic heterocycles. The van der Waals surface area contributed by atoms with Crippen molar-refractivity contribution in [3.63, 3.8) is 0 Å². The standard InChI is InChI=1S/C19H22N2O3/c1-3-14-7-10-16(11-8-14)19(23)21-20-18(22)12-9-15-5-4-6-17(13-15)24-2/h4-8,10-11,13H,3,9,12H2,1-2H3,(H,20,22)(H,21,23). The molecule has 0 unspecified atom stereocenters. The number of aryl methyl sites for hydroxylation is 2. The van der Waals surface area contributed by atoms with Crippen molar-refractivity contribution < 1.29 is 14.3 Å². The van der Waals surface area contributed by atoms with Crippen LogP contribution in [0.15, 0.2) is 48.5 Å². The molecule has 5 nitrogen and oxygen atoms in total. The quantitative estimate of drug-likeness (QED) is 0.802. The SMILES string of the molecule is CCc1ccc(C(=O)NNC(=O)CCc2cccc(OC)c2)cc1. The summed E-state index contributed by atoms with van der Waals surface area (Å²) in [6.45, 7) is 2.05. The third-order valence-corrected chi connectivity index (χ3v) is 3.71. The van der Waals surface area contributed by atoms with Gasteiger partial charge in [-0.1, -0.05) is 31.2 Å². The minimum absolute atomic E-state index is 0.239. The number of methoxy groups -OCH3 is 1. The molecule has 2 amide bonds. The number of rotatable bonds is 6. The van der Waals surface area contributed by atoms with E-state index in [0.717, 1.165) is 23.3 Å². The van der Waals surface area contributed by atoms with Crippen molar-refractivity contribution in [3.05, 3.63) is 65.2 Å². The first-order valence-corrected chi connectivity index (χ1v) is 7.93. The lowest BCUT2D eigenvalue weighted by Gasteiger charge is -2.08. The summed E-state index contributed by atoms with van der Waals surface area (Å²) < 4.78 is 5.15. The van der Waals surface area contributed by atoms with Crippen molar-refractivity contribution in [2.45, 2.75) is 26.2 Å². The van der Waals surface area contributed by atoms with Crippen LogP contribution in [0.25, 0.3) is 0 Å². The highest BCUT2D eigenvalue weighted by molar-refractivity contribution is 5.95. The summed E-state index contributed by atoms with van der Waals surface area (Å²) in [5.41, 5.74) is 7.55. The van der Waals surface area contributed by atoms with Crippen molar-refractivity contribution in [1.29, 1.82) is 0 Å². The fourth-order valence-corrected chi connectivity index (χ4v) is 2.24. The van der Waals surface area contributed by atoms with E-state index in [9.17, 15) is 9.59 Å². The van der Waals surface area contributed by atoms with Crippen LogP contribution in [0, 0.1) is 0 Å². The lowest BCUT2D eigenvalue weighted by atomic mass is 10.1. The third kappa shape index (κ3) is 5.12. The second-order valence-electron chi connectivity index (χ2n) is 5.40. The Bertz CT molecular complexity index is 696. The van der Waals surface area contributed by atoms with Gasteiger partial charge in [-0.15, -0.1) is 0 Å². The number of nitrogens with one attached hydrogen (secondary N) is 2. The zero-order valence-electron chi connectivity index (χ0n) is 14.0. The number of carbonyl (C=O) groups excluding carboxylic acids is 2. The van der Waals surface area contributed by atoms with Crippen molar-refractivity contribution in [2.75, 3.05) is 7.11 Å². The van der Waals surface area contributed by atoms with E-state index in [4.69, 9.17) is 4.74 Å². The summed E-state index contributed by atoms with van der Waals surface area (Å²) in [5, 5.41) is 0. The zero-order chi connectivity index (χ0) is 17.4. The summed E-state index contributed by atoms with van der Waals surface area (Å²) in [5.74, 6) is 0.195. The van der Waals surface area contributed by atoms with Gasteiger partial charge in [-0.2, -0.15) is 0 Å². The molecule has 0 atom stereocenters. The molecule has 5 heteroatoms. The first-order chi connectivity index (χ1) is 11.6. The van der Waals surface area contributed by atoms with Gasteiger partial charge in [0.15, 0.2) is 0 Å². The van der Waals surface area contributed by atoms with Crippen molar-refractivity contribution >= 4 is 11.8 Å². The largest absolute Gasteiger partial charge is 0.497 e.